The standard InChI is InChI=1S/C8H13N2O2/c1-2-9-8-7(6(1)12-8)10-3-4-11-5-10/h6-8H,1-5H2. The summed E-state index contributed by atoms with van der Waals surface area (Å²) in [6.07, 6.45) is 1.69. The lowest BCUT2D eigenvalue weighted by molar-refractivity contribution is -0.233. The predicted molar refractivity (Wildman–Crippen MR) is 41.6 cm³/mol. The molecule has 0 aromatic heterocycles. The zero-order valence-electron chi connectivity index (χ0n) is 6.98. The van der Waals surface area contributed by atoms with E-state index in [-0.39, 0.29) is 6.23 Å². The quantitative estimate of drug-likeness (QED) is 0.524. The van der Waals surface area contributed by atoms with Crippen molar-refractivity contribution in [1.29, 1.82) is 0 Å². The summed E-state index contributed by atoms with van der Waals surface area (Å²) in [4.78, 5) is 2.35. The summed E-state index contributed by atoms with van der Waals surface area (Å²) >= 11 is 0. The van der Waals surface area contributed by atoms with Crippen molar-refractivity contribution in [3.05, 3.63) is 0 Å². The highest BCUT2D eigenvalue weighted by Gasteiger charge is 2.49. The molecule has 4 heteroatoms. The lowest BCUT2D eigenvalue weighted by Gasteiger charge is -2.51. The molecule has 0 aromatic rings. The van der Waals surface area contributed by atoms with E-state index in [4.69, 9.17) is 9.47 Å². The lowest BCUT2D eigenvalue weighted by Crippen LogP contribution is -2.68. The molecule has 4 aliphatic rings. The molecule has 0 spiro atoms. The molecule has 0 saturated carbocycles. The Labute approximate surface area is 71.8 Å². The van der Waals surface area contributed by atoms with Gasteiger partial charge in [-0.3, -0.25) is 4.90 Å². The van der Waals surface area contributed by atoms with Gasteiger partial charge in [0.2, 0.25) is 0 Å². The minimum absolute atomic E-state index is 0.158. The molecule has 0 N–H and O–H groups in total. The summed E-state index contributed by atoms with van der Waals surface area (Å²) in [7, 11) is 0. The maximum Gasteiger partial charge on any atom is 0.141 e. The Morgan fingerprint density at radius 3 is 3.00 bits per heavy atom. The Morgan fingerprint density at radius 1 is 1.42 bits per heavy atom. The van der Waals surface area contributed by atoms with Crippen molar-refractivity contribution < 1.29 is 9.47 Å². The first-order chi connectivity index (χ1) is 5.95. The SMILES string of the molecule is C1CC2OC([N]1)C2N1CCOC1. The Bertz CT molecular complexity index is 168. The Balaban J connectivity index is 1.68. The molecule has 4 fully saturated rings. The molecule has 12 heavy (non-hydrogen) atoms. The third-order valence-corrected chi connectivity index (χ3v) is 2.91. The van der Waals surface area contributed by atoms with Crippen LogP contribution in [0.25, 0.3) is 0 Å². The van der Waals surface area contributed by atoms with Crippen LogP contribution < -0.4 is 5.32 Å². The third-order valence-electron chi connectivity index (χ3n) is 2.91. The molecule has 3 unspecified atom stereocenters. The molecule has 4 heterocycles. The minimum atomic E-state index is 0.158. The first-order valence-electron chi connectivity index (χ1n) is 4.59. The van der Waals surface area contributed by atoms with Crippen molar-refractivity contribution in [2.24, 2.45) is 0 Å². The number of rotatable bonds is 1. The van der Waals surface area contributed by atoms with Crippen LogP contribution in [0.2, 0.25) is 0 Å². The second-order valence-electron chi connectivity index (χ2n) is 3.60. The molecule has 2 bridgehead atoms. The summed E-state index contributed by atoms with van der Waals surface area (Å²) in [5.74, 6) is 0. The molecule has 0 amide bonds. The van der Waals surface area contributed by atoms with Crippen LogP contribution in [-0.2, 0) is 9.47 Å². The highest BCUT2D eigenvalue weighted by molar-refractivity contribution is 4.98. The molecule has 4 saturated heterocycles. The van der Waals surface area contributed by atoms with Gasteiger partial charge in [0.25, 0.3) is 0 Å². The van der Waals surface area contributed by atoms with Crippen LogP contribution in [0.15, 0.2) is 0 Å². The van der Waals surface area contributed by atoms with E-state index in [1.54, 1.807) is 0 Å². The lowest BCUT2D eigenvalue weighted by atomic mass is 9.94. The average molecular weight is 169 g/mol. The van der Waals surface area contributed by atoms with Crippen molar-refractivity contribution in [3.8, 4) is 0 Å². The molecule has 4 aliphatic heterocycles. The van der Waals surface area contributed by atoms with Crippen molar-refractivity contribution in [2.75, 3.05) is 26.4 Å². The van der Waals surface area contributed by atoms with Crippen molar-refractivity contribution in [2.45, 2.75) is 24.8 Å². The number of piperidine rings is 1. The molecule has 0 aliphatic carbocycles. The Morgan fingerprint density at radius 2 is 2.42 bits per heavy atom. The summed E-state index contributed by atoms with van der Waals surface area (Å²) in [5, 5.41) is 4.40. The summed E-state index contributed by atoms with van der Waals surface area (Å²) in [6.45, 7) is 3.68. The fourth-order valence-electron chi connectivity index (χ4n) is 2.23. The van der Waals surface area contributed by atoms with E-state index < -0.39 is 0 Å². The first-order valence-corrected chi connectivity index (χ1v) is 4.59. The number of nitrogens with zero attached hydrogens (tertiary/aromatic N) is 2. The minimum Gasteiger partial charge on any atom is -0.365 e. The fraction of sp³-hybridized carbons (Fsp3) is 1.00. The molecular weight excluding hydrogens is 156 g/mol. The van der Waals surface area contributed by atoms with Gasteiger partial charge in [0.05, 0.1) is 25.5 Å². The van der Waals surface area contributed by atoms with E-state index in [2.05, 4.69) is 10.2 Å². The largest absolute Gasteiger partial charge is 0.365 e. The van der Waals surface area contributed by atoms with Gasteiger partial charge in [0.15, 0.2) is 0 Å². The molecule has 0 aromatic carbocycles. The Kier molecular flexibility index (Phi) is 1.61. The summed E-state index contributed by atoms with van der Waals surface area (Å²) in [5.41, 5.74) is 0. The number of hydrogen-bond donors (Lipinski definition) is 0. The van der Waals surface area contributed by atoms with Gasteiger partial charge in [-0.1, -0.05) is 0 Å². The van der Waals surface area contributed by atoms with Gasteiger partial charge in [0, 0.05) is 13.1 Å². The molecule has 4 nitrogen and oxygen atoms in total. The Hall–Kier alpha value is -0.160. The van der Waals surface area contributed by atoms with Gasteiger partial charge < -0.3 is 9.47 Å². The van der Waals surface area contributed by atoms with Crippen LogP contribution in [0.3, 0.4) is 0 Å². The summed E-state index contributed by atoms with van der Waals surface area (Å²) in [6, 6.07) is 0.529. The predicted octanol–water partition coefficient (Wildman–Crippen LogP) is -0.622. The van der Waals surface area contributed by atoms with Crippen LogP contribution in [0.1, 0.15) is 6.42 Å². The van der Waals surface area contributed by atoms with E-state index in [1.807, 2.05) is 0 Å². The molecule has 67 valence electrons. The second kappa shape index (κ2) is 2.67. The van der Waals surface area contributed by atoms with Gasteiger partial charge in [-0.05, 0) is 6.42 Å². The third kappa shape index (κ3) is 0.925. The normalized spacial score (nSPS) is 47.5. The topological polar surface area (TPSA) is 35.8 Å². The molecule has 1 radical (unpaired) electrons. The molecule has 3 atom stereocenters. The van der Waals surface area contributed by atoms with Crippen LogP contribution in [0.5, 0.6) is 0 Å². The molecular formula is C8H13N2O2. The van der Waals surface area contributed by atoms with Crippen LogP contribution in [0, 0.1) is 0 Å². The van der Waals surface area contributed by atoms with Gasteiger partial charge in [0.1, 0.15) is 6.23 Å². The van der Waals surface area contributed by atoms with E-state index in [1.165, 1.54) is 0 Å². The van der Waals surface area contributed by atoms with Crippen LogP contribution >= 0.6 is 0 Å². The van der Waals surface area contributed by atoms with E-state index in [0.717, 1.165) is 32.8 Å². The first kappa shape index (κ1) is 7.26. The highest BCUT2D eigenvalue weighted by atomic mass is 16.5. The van der Waals surface area contributed by atoms with Gasteiger partial charge in [-0.25, -0.2) is 5.32 Å². The van der Waals surface area contributed by atoms with Gasteiger partial charge in [-0.15, -0.1) is 0 Å². The zero-order chi connectivity index (χ0) is 7.97. The number of ether oxygens (including phenoxy) is 2. The fourth-order valence-corrected chi connectivity index (χ4v) is 2.23. The maximum atomic E-state index is 5.54. The van der Waals surface area contributed by atoms with Crippen LogP contribution in [0.4, 0.5) is 0 Å². The monoisotopic (exact) mass is 169 g/mol. The maximum absolute atomic E-state index is 5.54. The van der Waals surface area contributed by atoms with Gasteiger partial charge in [-0.2, -0.15) is 0 Å². The number of hydrogen-bond acceptors (Lipinski definition) is 3. The number of fused-ring (bicyclic) bond motifs is 2. The zero-order valence-corrected chi connectivity index (χ0v) is 6.98. The van der Waals surface area contributed by atoms with E-state index in [0.29, 0.717) is 12.1 Å². The van der Waals surface area contributed by atoms with Crippen molar-refractivity contribution in [1.82, 2.24) is 10.2 Å². The van der Waals surface area contributed by atoms with Crippen molar-refractivity contribution >= 4 is 0 Å². The van der Waals surface area contributed by atoms with Crippen molar-refractivity contribution in [3.63, 3.8) is 0 Å². The van der Waals surface area contributed by atoms with Crippen LogP contribution in [-0.4, -0.2) is 49.7 Å². The van der Waals surface area contributed by atoms with E-state index in [9.17, 15) is 0 Å². The van der Waals surface area contributed by atoms with E-state index >= 15 is 0 Å². The smallest absolute Gasteiger partial charge is 0.141 e. The summed E-state index contributed by atoms with van der Waals surface area (Å²) < 4.78 is 10.8. The average Bonchev–Trinajstić information content (AvgIpc) is 2.58. The molecule has 4 rings (SSSR count). The van der Waals surface area contributed by atoms with Gasteiger partial charge >= 0.3 is 0 Å². The second-order valence-corrected chi connectivity index (χ2v) is 3.60. The highest BCUT2D eigenvalue weighted by Crippen LogP contribution is 2.32.